The number of amides is 2. The number of benzene rings is 2. The maximum absolute atomic E-state index is 13.9. The van der Waals surface area contributed by atoms with E-state index in [0.717, 1.165) is 16.7 Å². The molecule has 0 unspecified atom stereocenters. The first-order chi connectivity index (χ1) is 13.4. The number of carbonyl (C=O) groups excluding carboxylic acids is 2. The molecule has 1 aliphatic rings. The average Bonchev–Trinajstić information content (AvgIpc) is 2.91. The van der Waals surface area contributed by atoms with Gasteiger partial charge in [0.2, 0.25) is 0 Å². The zero-order chi connectivity index (χ0) is 20.3. The number of carbonyl (C=O) groups is 2. The van der Waals surface area contributed by atoms with Gasteiger partial charge in [-0.1, -0.05) is 18.2 Å². The Balaban J connectivity index is 1.88. The number of nitrogens with zero attached hydrogens (tertiary/aromatic N) is 1. The van der Waals surface area contributed by atoms with Crippen molar-refractivity contribution in [2.75, 3.05) is 13.7 Å². The van der Waals surface area contributed by atoms with Crippen molar-refractivity contribution in [2.24, 2.45) is 0 Å². The van der Waals surface area contributed by atoms with Gasteiger partial charge in [0.05, 0.1) is 29.6 Å². The van der Waals surface area contributed by atoms with Gasteiger partial charge in [0, 0.05) is 5.56 Å². The number of ether oxygens (including phenoxy) is 2. The van der Waals surface area contributed by atoms with E-state index in [9.17, 15) is 14.0 Å². The highest BCUT2D eigenvalue weighted by Crippen LogP contribution is 2.39. The molecule has 1 saturated heterocycles. The maximum Gasteiger partial charge on any atom is 0.293 e. The number of rotatable bonds is 6. The van der Waals surface area contributed by atoms with Crippen LogP contribution >= 0.6 is 27.7 Å². The minimum absolute atomic E-state index is 0.106. The molecule has 0 atom stereocenters. The summed E-state index contributed by atoms with van der Waals surface area (Å²) in [6.07, 6.45) is 1.61. The lowest BCUT2D eigenvalue weighted by Crippen LogP contribution is -2.27. The fraction of sp³-hybridized carbons (Fsp3) is 0.200. The molecule has 1 fully saturated rings. The van der Waals surface area contributed by atoms with Crippen molar-refractivity contribution < 1.29 is 23.5 Å². The molecule has 2 aromatic carbocycles. The summed E-state index contributed by atoms with van der Waals surface area (Å²) in [6.45, 7) is 2.20. The predicted octanol–water partition coefficient (Wildman–Crippen LogP) is 5.23. The summed E-state index contributed by atoms with van der Waals surface area (Å²) in [5.41, 5.74) is 0.962. The van der Waals surface area contributed by atoms with Crippen LogP contribution in [0.2, 0.25) is 0 Å². The van der Waals surface area contributed by atoms with Crippen LogP contribution in [0, 0.1) is 5.82 Å². The molecule has 2 aromatic rings. The molecular formula is C20H17BrFNO4S. The standard InChI is InChI=1S/C20H17BrFNO4S/c1-3-27-16-9-12(8-14(21)18(16)26-2)10-17-19(24)23(20(25)28-17)11-13-6-4-5-7-15(13)22/h4-10H,3,11H2,1-2H3/b17-10+. The Morgan fingerprint density at radius 3 is 2.68 bits per heavy atom. The summed E-state index contributed by atoms with van der Waals surface area (Å²) in [5.74, 6) is 0.164. The highest BCUT2D eigenvalue weighted by molar-refractivity contribution is 9.10. The minimum atomic E-state index is -0.455. The topological polar surface area (TPSA) is 55.8 Å². The number of halogens is 2. The van der Waals surface area contributed by atoms with Crippen molar-refractivity contribution in [1.82, 2.24) is 4.90 Å². The van der Waals surface area contributed by atoms with Crippen LogP contribution in [-0.2, 0) is 11.3 Å². The van der Waals surface area contributed by atoms with Crippen LogP contribution in [0.1, 0.15) is 18.1 Å². The van der Waals surface area contributed by atoms with Gasteiger partial charge in [-0.3, -0.25) is 14.5 Å². The number of methoxy groups -OCH3 is 1. The monoisotopic (exact) mass is 465 g/mol. The van der Waals surface area contributed by atoms with Crippen LogP contribution in [0.4, 0.5) is 9.18 Å². The summed E-state index contributed by atoms with van der Waals surface area (Å²) in [4.78, 5) is 26.3. The van der Waals surface area contributed by atoms with Gasteiger partial charge in [0.25, 0.3) is 11.1 Å². The largest absolute Gasteiger partial charge is 0.492 e. The lowest BCUT2D eigenvalue weighted by atomic mass is 10.1. The van der Waals surface area contributed by atoms with Crippen LogP contribution in [0.3, 0.4) is 0 Å². The highest BCUT2D eigenvalue weighted by atomic mass is 79.9. The summed E-state index contributed by atoms with van der Waals surface area (Å²) < 4.78 is 25.4. The molecule has 0 bridgehead atoms. The van der Waals surface area contributed by atoms with Gasteiger partial charge in [-0.05, 0) is 64.5 Å². The van der Waals surface area contributed by atoms with Crippen LogP contribution < -0.4 is 9.47 Å². The first-order valence-electron chi connectivity index (χ1n) is 8.43. The van der Waals surface area contributed by atoms with E-state index < -0.39 is 17.0 Å². The Kier molecular flexibility index (Phi) is 6.41. The van der Waals surface area contributed by atoms with Crippen molar-refractivity contribution in [3.8, 4) is 11.5 Å². The zero-order valence-electron chi connectivity index (χ0n) is 15.2. The quantitative estimate of drug-likeness (QED) is 0.546. The molecule has 1 heterocycles. The van der Waals surface area contributed by atoms with Gasteiger partial charge in [-0.2, -0.15) is 0 Å². The molecule has 0 aromatic heterocycles. The van der Waals surface area contributed by atoms with E-state index in [2.05, 4.69) is 15.9 Å². The fourth-order valence-electron chi connectivity index (χ4n) is 2.72. The lowest BCUT2D eigenvalue weighted by Gasteiger charge is -2.13. The molecule has 0 aliphatic carbocycles. The second-order valence-electron chi connectivity index (χ2n) is 5.83. The van der Waals surface area contributed by atoms with E-state index in [1.807, 2.05) is 6.92 Å². The predicted molar refractivity (Wildman–Crippen MR) is 110 cm³/mol. The van der Waals surface area contributed by atoms with Crippen LogP contribution in [0.5, 0.6) is 11.5 Å². The third-order valence-electron chi connectivity index (χ3n) is 3.99. The van der Waals surface area contributed by atoms with Crippen molar-refractivity contribution in [3.05, 3.63) is 62.7 Å². The van der Waals surface area contributed by atoms with Gasteiger partial charge in [-0.25, -0.2) is 4.39 Å². The summed E-state index contributed by atoms with van der Waals surface area (Å²) in [7, 11) is 1.54. The third-order valence-corrected chi connectivity index (χ3v) is 5.49. The zero-order valence-corrected chi connectivity index (χ0v) is 17.6. The fourth-order valence-corrected chi connectivity index (χ4v) is 4.18. The van der Waals surface area contributed by atoms with E-state index in [1.54, 1.807) is 36.4 Å². The lowest BCUT2D eigenvalue weighted by molar-refractivity contribution is -0.123. The number of hydrogen-bond donors (Lipinski definition) is 0. The summed E-state index contributed by atoms with van der Waals surface area (Å²) >= 11 is 4.25. The molecule has 3 rings (SSSR count). The van der Waals surface area contributed by atoms with E-state index in [1.165, 1.54) is 13.2 Å². The first-order valence-corrected chi connectivity index (χ1v) is 10.0. The third kappa shape index (κ3) is 4.23. The Hall–Kier alpha value is -2.32. The van der Waals surface area contributed by atoms with Crippen molar-refractivity contribution in [1.29, 1.82) is 0 Å². The van der Waals surface area contributed by atoms with Gasteiger partial charge in [0.1, 0.15) is 5.82 Å². The number of hydrogen-bond acceptors (Lipinski definition) is 5. The van der Waals surface area contributed by atoms with E-state index >= 15 is 0 Å². The highest BCUT2D eigenvalue weighted by Gasteiger charge is 2.35. The van der Waals surface area contributed by atoms with E-state index in [-0.39, 0.29) is 17.0 Å². The summed E-state index contributed by atoms with van der Waals surface area (Å²) in [5, 5.41) is -0.433. The Labute approximate surface area is 174 Å². The molecule has 0 saturated carbocycles. The normalized spacial score (nSPS) is 15.4. The van der Waals surface area contributed by atoms with Gasteiger partial charge < -0.3 is 9.47 Å². The number of thioether (sulfide) groups is 1. The first kappa shape index (κ1) is 20.4. The maximum atomic E-state index is 13.9. The van der Waals surface area contributed by atoms with E-state index in [0.29, 0.717) is 28.1 Å². The molecular weight excluding hydrogens is 449 g/mol. The van der Waals surface area contributed by atoms with Gasteiger partial charge in [-0.15, -0.1) is 0 Å². The molecule has 0 N–H and O–H groups in total. The molecule has 0 radical (unpaired) electrons. The van der Waals surface area contributed by atoms with Crippen LogP contribution in [0.25, 0.3) is 6.08 Å². The van der Waals surface area contributed by atoms with Gasteiger partial charge >= 0.3 is 0 Å². The Morgan fingerprint density at radius 2 is 2.00 bits per heavy atom. The second-order valence-corrected chi connectivity index (χ2v) is 7.67. The van der Waals surface area contributed by atoms with Crippen molar-refractivity contribution >= 4 is 44.9 Å². The van der Waals surface area contributed by atoms with E-state index in [4.69, 9.17) is 9.47 Å². The Bertz CT molecular complexity index is 963. The summed E-state index contributed by atoms with van der Waals surface area (Å²) in [6, 6.07) is 9.58. The van der Waals surface area contributed by atoms with Gasteiger partial charge in [0.15, 0.2) is 11.5 Å². The van der Waals surface area contributed by atoms with Crippen LogP contribution in [-0.4, -0.2) is 29.8 Å². The average molecular weight is 466 g/mol. The minimum Gasteiger partial charge on any atom is -0.492 e. The van der Waals surface area contributed by atoms with Crippen molar-refractivity contribution in [2.45, 2.75) is 13.5 Å². The Morgan fingerprint density at radius 1 is 1.25 bits per heavy atom. The molecule has 2 amide bonds. The van der Waals surface area contributed by atoms with Crippen LogP contribution in [0.15, 0.2) is 45.8 Å². The smallest absolute Gasteiger partial charge is 0.293 e. The molecule has 0 spiro atoms. The second kappa shape index (κ2) is 8.79. The molecule has 5 nitrogen and oxygen atoms in total. The molecule has 8 heteroatoms. The molecule has 28 heavy (non-hydrogen) atoms. The van der Waals surface area contributed by atoms with Crippen molar-refractivity contribution in [3.63, 3.8) is 0 Å². The molecule has 146 valence electrons. The number of imide groups is 1. The SMILES string of the molecule is CCOc1cc(/C=C2/SC(=O)N(Cc3ccccc3F)C2=O)cc(Br)c1OC. The molecule has 1 aliphatic heterocycles.